The van der Waals surface area contributed by atoms with Crippen LogP contribution >= 0.6 is 11.6 Å². The summed E-state index contributed by atoms with van der Waals surface area (Å²) in [5.41, 5.74) is 1.82. The van der Waals surface area contributed by atoms with E-state index in [1.807, 2.05) is 36.4 Å². The molecule has 0 atom stereocenters. The van der Waals surface area contributed by atoms with Crippen LogP contribution in [0.15, 0.2) is 77.6 Å². The number of anilines is 2. The lowest BCUT2D eigenvalue weighted by atomic mass is 10.1. The Morgan fingerprint density at radius 2 is 1.82 bits per heavy atom. The van der Waals surface area contributed by atoms with Gasteiger partial charge >= 0.3 is 0 Å². The van der Waals surface area contributed by atoms with Crippen molar-refractivity contribution in [3.8, 4) is 28.8 Å². The molecule has 2 N–H and O–H groups in total. The van der Waals surface area contributed by atoms with Crippen LogP contribution in [0.25, 0.3) is 11.3 Å². The number of hydrogen-bond donors (Lipinski definition) is 2. The predicted octanol–water partition coefficient (Wildman–Crippen LogP) is 5.29. The number of benzene rings is 3. The SMILES string of the molecule is COc1cc(-c2nc(Nc3ccc(Cl)cc3)[nH]c(=O)c2C#N)ccc1OCc1ccccc1. The normalized spacial score (nSPS) is 10.3. The van der Waals surface area contributed by atoms with Crippen molar-refractivity contribution in [2.24, 2.45) is 0 Å². The summed E-state index contributed by atoms with van der Waals surface area (Å²) in [6.45, 7) is 0.373. The number of rotatable bonds is 7. The first-order chi connectivity index (χ1) is 16.1. The lowest BCUT2D eigenvalue weighted by Gasteiger charge is -2.13. The molecule has 8 heteroatoms. The second kappa shape index (κ2) is 9.90. The largest absolute Gasteiger partial charge is 0.493 e. The van der Waals surface area contributed by atoms with Gasteiger partial charge in [-0.3, -0.25) is 9.78 Å². The molecule has 0 spiro atoms. The van der Waals surface area contributed by atoms with E-state index < -0.39 is 5.56 Å². The van der Waals surface area contributed by atoms with Gasteiger partial charge in [0.25, 0.3) is 5.56 Å². The highest BCUT2D eigenvalue weighted by molar-refractivity contribution is 6.30. The second-order valence-electron chi connectivity index (χ2n) is 7.02. The van der Waals surface area contributed by atoms with E-state index in [1.54, 1.807) is 42.5 Å². The van der Waals surface area contributed by atoms with Gasteiger partial charge in [0.2, 0.25) is 5.95 Å². The van der Waals surface area contributed by atoms with Gasteiger partial charge in [0.1, 0.15) is 18.2 Å². The van der Waals surface area contributed by atoms with Crippen LogP contribution in [0.4, 0.5) is 11.6 Å². The maximum atomic E-state index is 12.6. The Morgan fingerprint density at radius 3 is 2.52 bits per heavy atom. The molecule has 0 aliphatic heterocycles. The van der Waals surface area contributed by atoms with Crippen LogP contribution in [-0.2, 0) is 6.61 Å². The van der Waals surface area contributed by atoms with Gasteiger partial charge in [0, 0.05) is 16.3 Å². The van der Waals surface area contributed by atoms with Crippen molar-refractivity contribution >= 4 is 23.2 Å². The van der Waals surface area contributed by atoms with Crippen LogP contribution in [0.5, 0.6) is 11.5 Å². The van der Waals surface area contributed by atoms with Crippen molar-refractivity contribution in [3.05, 3.63) is 99.3 Å². The summed E-state index contributed by atoms with van der Waals surface area (Å²) < 4.78 is 11.4. The highest BCUT2D eigenvalue weighted by Gasteiger charge is 2.16. The number of nitrogens with zero attached hydrogens (tertiary/aromatic N) is 2. The zero-order valence-corrected chi connectivity index (χ0v) is 18.4. The van der Waals surface area contributed by atoms with Gasteiger partial charge in [0.05, 0.1) is 12.8 Å². The third-order valence-electron chi connectivity index (χ3n) is 4.81. The highest BCUT2D eigenvalue weighted by atomic mass is 35.5. The third kappa shape index (κ3) is 5.14. The number of aromatic amines is 1. The first-order valence-electron chi connectivity index (χ1n) is 9.99. The van der Waals surface area contributed by atoms with Crippen molar-refractivity contribution in [2.45, 2.75) is 6.61 Å². The summed E-state index contributed by atoms with van der Waals surface area (Å²) in [5, 5.41) is 13.2. The summed E-state index contributed by atoms with van der Waals surface area (Å²) in [6.07, 6.45) is 0. The minimum absolute atomic E-state index is 0.100. The topological polar surface area (TPSA) is 100 Å². The Bertz CT molecular complexity index is 1360. The molecule has 3 aromatic carbocycles. The van der Waals surface area contributed by atoms with Gasteiger partial charge in [-0.1, -0.05) is 41.9 Å². The monoisotopic (exact) mass is 458 g/mol. The zero-order valence-electron chi connectivity index (χ0n) is 17.6. The first kappa shape index (κ1) is 21.9. The molecule has 0 unspecified atom stereocenters. The molecular formula is C25H19ClN4O3. The van der Waals surface area contributed by atoms with Crippen LogP contribution in [0, 0.1) is 11.3 Å². The van der Waals surface area contributed by atoms with Crippen LogP contribution in [0.3, 0.4) is 0 Å². The number of halogens is 1. The van der Waals surface area contributed by atoms with E-state index in [4.69, 9.17) is 21.1 Å². The van der Waals surface area contributed by atoms with Gasteiger partial charge < -0.3 is 14.8 Å². The van der Waals surface area contributed by atoms with Crippen molar-refractivity contribution < 1.29 is 9.47 Å². The van der Waals surface area contributed by atoms with Gasteiger partial charge in [-0.25, -0.2) is 4.98 Å². The molecule has 1 heterocycles. The molecule has 4 rings (SSSR count). The summed E-state index contributed by atoms with van der Waals surface area (Å²) >= 11 is 5.92. The summed E-state index contributed by atoms with van der Waals surface area (Å²) in [5.74, 6) is 1.19. The van der Waals surface area contributed by atoms with Gasteiger partial charge in [-0.05, 0) is 48.0 Å². The van der Waals surface area contributed by atoms with Crippen LogP contribution < -0.4 is 20.3 Å². The molecular weight excluding hydrogens is 440 g/mol. The Balaban J connectivity index is 1.66. The van der Waals surface area contributed by atoms with E-state index in [0.29, 0.717) is 34.4 Å². The molecule has 7 nitrogen and oxygen atoms in total. The molecule has 4 aromatic rings. The van der Waals surface area contributed by atoms with Gasteiger partial charge in [0.15, 0.2) is 11.5 Å². The Labute approximate surface area is 195 Å². The quantitative estimate of drug-likeness (QED) is 0.390. The summed E-state index contributed by atoms with van der Waals surface area (Å²) in [7, 11) is 1.53. The fourth-order valence-corrected chi connectivity index (χ4v) is 3.31. The second-order valence-corrected chi connectivity index (χ2v) is 7.46. The van der Waals surface area contributed by atoms with Crippen LogP contribution in [0.1, 0.15) is 11.1 Å². The Hall–Kier alpha value is -4.28. The van der Waals surface area contributed by atoms with E-state index in [9.17, 15) is 10.1 Å². The average Bonchev–Trinajstić information content (AvgIpc) is 2.84. The molecule has 164 valence electrons. The molecule has 0 amide bonds. The van der Waals surface area contributed by atoms with Gasteiger partial charge in [-0.15, -0.1) is 0 Å². The number of hydrogen-bond acceptors (Lipinski definition) is 6. The summed E-state index contributed by atoms with van der Waals surface area (Å²) in [4.78, 5) is 19.6. The fraction of sp³-hybridized carbons (Fsp3) is 0.0800. The molecule has 0 aliphatic rings. The Kier molecular flexibility index (Phi) is 6.58. The molecule has 0 saturated heterocycles. The highest BCUT2D eigenvalue weighted by Crippen LogP contribution is 2.33. The standard InChI is InChI=1S/C25H19ClN4O3/c1-32-22-13-17(7-12-21(22)33-15-16-5-3-2-4-6-16)23-20(14-27)24(31)30-25(29-23)28-19-10-8-18(26)9-11-19/h2-13H,15H2,1H3,(H2,28,29,30,31). The van der Waals surface area contributed by atoms with E-state index in [-0.39, 0.29) is 17.2 Å². The maximum absolute atomic E-state index is 12.6. The van der Waals surface area contributed by atoms with E-state index in [2.05, 4.69) is 15.3 Å². The summed E-state index contributed by atoms with van der Waals surface area (Å²) in [6, 6.07) is 23.8. The number of H-pyrrole nitrogens is 1. The van der Waals surface area contributed by atoms with Crippen molar-refractivity contribution in [2.75, 3.05) is 12.4 Å². The predicted molar refractivity (Wildman–Crippen MR) is 127 cm³/mol. The smallest absolute Gasteiger partial charge is 0.270 e. The lowest BCUT2D eigenvalue weighted by molar-refractivity contribution is 0.284. The molecule has 1 aromatic heterocycles. The van der Waals surface area contributed by atoms with E-state index in [0.717, 1.165) is 5.56 Å². The van der Waals surface area contributed by atoms with Gasteiger partial charge in [-0.2, -0.15) is 5.26 Å². The molecule has 0 saturated carbocycles. The first-order valence-corrected chi connectivity index (χ1v) is 10.4. The minimum atomic E-state index is -0.553. The van der Waals surface area contributed by atoms with Crippen LogP contribution in [0.2, 0.25) is 5.02 Å². The fourth-order valence-electron chi connectivity index (χ4n) is 3.18. The maximum Gasteiger partial charge on any atom is 0.270 e. The average molecular weight is 459 g/mol. The zero-order chi connectivity index (χ0) is 23.2. The molecule has 0 aliphatic carbocycles. The minimum Gasteiger partial charge on any atom is -0.493 e. The number of ether oxygens (including phenoxy) is 2. The molecule has 0 radical (unpaired) electrons. The Morgan fingerprint density at radius 1 is 1.06 bits per heavy atom. The van der Waals surface area contributed by atoms with Crippen molar-refractivity contribution in [1.29, 1.82) is 5.26 Å². The molecule has 0 fully saturated rings. The third-order valence-corrected chi connectivity index (χ3v) is 5.06. The number of nitriles is 1. The van der Waals surface area contributed by atoms with Crippen LogP contribution in [-0.4, -0.2) is 17.1 Å². The molecule has 33 heavy (non-hydrogen) atoms. The van der Waals surface area contributed by atoms with E-state index in [1.165, 1.54) is 7.11 Å². The number of nitrogens with one attached hydrogen (secondary N) is 2. The number of aromatic nitrogens is 2. The van der Waals surface area contributed by atoms with Crippen molar-refractivity contribution in [3.63, 3.8) is 0 Å². The number of methoxy groups -OCH3 is 1. The van der Waals surface area contributed by atoms with E-state index >= 15 is 0 Å². The van der Waals surface area contributed by atoms with Crippen molar-refractivity contribution in [1.82, 2.24) is 9.97 Å². The lowest BCUT2D eigenvalue weighted by Crippen LogP contribution is -2.16. The molecule has 0 bridgehead atoms.